The zero-order chi connectivity index (χ0) is 15.0. The van der Waals surface area contributed by atoms with Crippen molar-refractivity contribution in [1.82, 2.24) is 19.3 Å². The molecule has 0 bridgehead atoms. The highest BCUT2D eigenvalue weighted by molar-refractivity contribution is 5.78. The average Bonchev–Trinajstić information content (AvgIpc) is 2.82. The molecule has 2 aromatic heterocycles. The summed E-state index contributed by atoms with van der Waals surface area (Å²) in [6, 6.07) is 9.65. The first kappa shape index (κ1) is 13.5. The van der Waals surface area contributed by atoms with Crippen molar-refractivity contribution >= 4 is 11.0 Å². The molecule has 0 atom stereocenters. The van der Waals surface area contributed by atoms with Gasteiger partial charge in [0, 0.05) is 14.2 Å². The Morgan fingerprint density at radius 3 is 2.62 bits per heavy atom. The third-order valence-electron chi connectivity index (χ3n) is 3.45. The molecule has 0 unspecified atom stereocenters. The number of fused-ring (bicyclic) bond motifs is 1. The molecule has 0 aliphatic heterocycles. The Balaban J connectivity index is 2.36. The number of hydrogen-bond acceptors (Lipinski definition) is 4. The lowest BCUT2D eigenvalue weighted by molar-refractivity contribution is 0.174. The molecule has 0 saturated heterocycles. The third kappa shape index (κ3) is 2.13. The number of hydrogen-bond donors (Lipinski definition) is 0. The van der Waals surface area contributed by atoms with Gasteiger partial charge < -0.3 is 4.74 Å². The Labute approximate surface area is 121 Å². The molecular formula is C15H16N4O2. The van der Waals surface area contributed by atoms with Crippen molar-refractivity contribution < 1.29 is 4.74 Å². The highest BCUT2D eigenvalue weighted by atomic mass is 16.5. The molecule has 0 N–H and O–H groups in total. The van der Waals surface area contributed by atoms with Crippen LogP contribution in [0.3, 0.4) is 0 Å². The molecule has 2 heterocycles. The van der Waals surface area contributed by atoms with Crippen LogP contribution in [0.5, 0.6) is 0 Å². The minimum absolute atomic E-state index is 0.105. The molecule has 0 saturated carbocycles. The summed E-state index contributed by atoms with van der Waals surface area (Å²) in [4.78, 5) is 17.1. The Morgan fingerprint density at radius 2 is 1.95 bits per heavy atom. The summed E-state index contributed by atoms with van der Waals surface area (Å²) in [6.07, 6.45) is 0. The van der Waals surface area contributed by atoms with Gasteiger partial charge in [-0.1, -0.05) is 18.2 Å². The number of methoxy groups -OCH3 is 1. The summed E-state index contributed by atoms with van der Waals surface area (Å²) < 4.78 is 8.32. The van der Waals surface area contributed by atoms with E-state index in [1.807, 2.05) is 37.3 Å². The monoisotopic (exact) mass is 284 g/mol. The van der Waals surface area contributed by atoms with Crippen LogP contribution in [0.15, 0.2) is 35.1 Å². The zero-order valence-electron chi connectivity index (χ0n) is 12.2. The second kappa shape index (κ2) is 5.14. The van der Waals surface area contributed by atoms with Crippen LogP contribution in [0.2, 0.25) is 0 Å². The van der Waals surface area contributed by atoms with E-state index in [2.05, 4.69) is 10.1 Å². The minimum atomic E-state index is -0.105. The zero-order valence-corrected chi connectivity index (χ0v) is 12.2. The van der Waals surface area contributed by atoms with E-state index >= 15 is 0 Å². The van der Waals surface area contributed by atoms with Crippen LogP contribution in [0.1, 0.15) is 11.5 Å². The normalized spacial score (nSPS) is 11.2. The average molecular weight is 284 g/mol. The summed E-state index contributed by atoms with van der Waals surface area (Å²) in [5.74, 6) is 0.576. The molecular weight excluding hydrogens is 268 g/mol. The third-order valence-corrected chi connectivity index (χ3v) is 3.45. The van der Waals surface area contributed by atoms with E-state index in [1.54, 1.807) is 18.8 Å². The first-order valence-electron chi connectivity index (χ1n) is 6.63. The fourth-order valence-corrected chi connectivity index (χ4v) is 2.36. The van der Waals surface area contributed by atoms with Gasteiger partial charge in [0.2, 0.25) is 0 Å². The van der Waals surface area contributed by atoms with Gasteiger partial charge in [-0.25, -0.2) is 9.67 Å². The molecule has 0 fully saturated rings. The van der Waals surface area contributed by atoms with Gasteiger partial charge in [-0.3, -0.25) is 9.36 Å². The topological polar surface area (TPSA) is 61.9 Å². The number of aryl methyl sites for hydroxylation is 1. The van der Waals surface area contributed by atoms with Crippen LogP contribution in [0.4, 0.5) is 0 Å². The second-order valence-electron chi connectivity index (χ2n) is 4.86. The molecule has 1 aromatic carbocycles. The molecule has 0 aliphatic carbocycles. The van der Waals surface area contributed by atoms with Gasteiger partial charge in [0.1, 0.15) is 17.8 Å². The van der Waals surface area contributed by atoms with Crippen molar-refractivity contribution in [2.24, 2.45) is 7.05 Å². The number of nitrogens with zero attached hydrogens (tertiary/aromatic N) is 4. The molecule has 21 heavy (non-hydrogen) atoms. The summed E-state index contributed by atoms with van der Waals surface area (Å²) in [6.45, 7) is 2.10. The molecule has 3 rings (SSSR count). The highest BCUT2D eigenvalue weighted by Gasteiger charge is 2.17. The predicted octanol–water partition coefficient (Wildman–Crippen LogP) is 1.57. The van der Waals surface area contributed by atoms with Crippen molar-refractivity contribution in [3.05, 3.63) is 52.2 Å². The number of aromatic nitrogens is 4. The molecule has 6 nitrogen and oxygen atoms in total. The Bertz CT molecular complexity index is 849. The van der Waals surface area contributed by atoms with Gasteiger partial charge >= 0.3 is 0 Å². The molecule has 108 valence electrons. The van der Waals surface area contributed by atoms with Crippen LogP contribution < -0.4 is 5.56 Å². The lowest BCUT2D eigenvalue weighted by Crippen LogP contribution is -2.23. The lowest BCUT2D eigenvalue weighted by atomic mass is 10.3. The molecule has 0 spiro atoms. The van der Waals surface area contributed by atoms with E-state index in [4.69, 9.17) is 4.74 Å². The van der Waals surface area contributed by atoms with Gasteiger partial charge in [-0.05, 0) is 19.1 Å². The van der Waals surface area contributed by atoms with Gasteiger partial charge in [-0.2, -0.15) is 5.10 Å². The van der Waals surface area contributed by atoms with Crippen molar-refractivity contribution in [3.63, 3.8) is 0 Å². The first-order chi connectivity index (χ1) is 10.1. The Kier molecular flexibility index (Phi) is 3.31. The van der Waals surface area contributed by atoms with Crippen LogP contribution >= 0.6 is 0 Å². The maximum atomic E-state index is 12.5. The largest absolute Gasteiger partial charge is 0.377 e. The Hall–Kier alpha value is -2.47. The highest BCUT2D eigenvalue weighted by Crippen LogP contribution is 2.17. The molecule has 0 radical (unpaired) electrons. The van der Waals surface area contributed by atoms with Crippen LogP contribution in [0.25, 0.3) is 16.7 Å². The van der Waals surface area contributed by atoms with E-state index in [1.165, 1.54) is 4.57 Å². The number of ether oxygens (including phenoxy) is 1. The number of para-hydroxylation sites is 1. The Morgan fingerprint density at radius 1 is 1.24 bits per heavy atom. The standard InChI is InChI=1S/C15H16N4O2/c1-10-13-14(16-12(9-21-3)18(2)15(13)20)19(17-10)11-7-5-4-6-8-11/h4-8H,9H2,1-3H3. The van der Waals surface area contributed by atoms with Gasteiger partial charge in [0.15, 0.2) is 5.65 Å². The lowest BCUT2D eigenvalue weighted by Gasteiger charge is -2.08. The van der Waals surface area contributed by atoms with Crippen LogP contribution in [-0.4, -0.2) is 26.4 Å². The quantitative estimate of drug-likeness (QED) is 0.732. The molecule has 0 aliphatic rings. The van der Waals surface area contributed by atoms with Crippen molar-refractivity contribution in [3.8, 4) is 5.69 Å². The maximum absolute atomic E-state index is 12.5. The summed E-state index contributed by atoms with van der Waals surface area (Å²) in [7, 11) is 3.28. The van der Waals surface area contributed by atoms with Crippen molar-refractivity contribution in [2.75, 3.05) is 7.11 Å². The van der Waals surface area contributed by atoms with Gasteiger partial charge in [0.25, 0.3) is 5.56 Å². The van der Waals surface area contributed by atoms with Crippen LogP contribution in [-0.2, 0) is 18.4 Å². The second-order valence-corrected chi connectivity index (χ2v) is 4.86. The van der Waals surface area contributed by atoms with E-state index in [0.717, 1.165) is 5.69 Å². The molecule has 6 heteroatoms. The number of benzene rings is 1. The van der Waals surface area contributed by atoms with E-state index in [0.29, 0.717) is 22.6 Å². The van der Waals surface area contributed by atoms with E-state index in [9.17, 15) is 4.79 Å². The predicted molar refractivity (Wildman–Crippen MR) is 79.6 cm³/mol. The fourth-order valence-electron chi connectivity index (χ4n) is 2.36. The van der Waals surface area contributed by atoms with Crippen LogP contribution in [0, 0.1) is 6.92 Å². The first-order valence-corrected chi connectivity index (χ1v) is 6.63. The summed E-state index contributed by atoms with van der Waals surface area (Å²) in [5.41, 5.74) is 2.01. The maximum Gasteiger partial charge on any atom is 0.264 e. The fraction of sp³-hybridized carbons (Fsp3) is 0.267. The molecule has 3 aromatic rings. The van der Waals surface area contributed by atoms with Gasteiger partial charge in [-0.15, -0.1) is 0 Å². The van der Waals surface area contributed by atoms with E-state index in [-0.39, 0.29) is 12.2 Å². The smallest absolute Gasteiger partial charge is 0.264 e. The SMILES string of the molecule is COCc1nc2c(c(C)nn2-c2ccccc2)c(=O)n1C. The molecule has 0 amide bonds. The van der Waals surface area contributed by atoms with E-state index < -0.39 is 0 Å². The number of rotatable bonds is 3. The van der Waals surface area contributed by atoms with Crippen molar-refractivity contribution in [1.29, 1.82) is 0 Å². The summed E-state index contributed by atoms with van der Waals surface area (Å²) >= 11 is 0. The van der Waals surface area contributed by atoms with Crippen molar-refractivity contribution in [2.45, 2.75) is 13.5 Å². The van der Waals surface area contributed by atoms with Gasteiger partial charge in [0.05, 0.1) is 11.4 Å². The summed E-state index contributed by atoms with van der Waals surface area (Å²) in [5, 5.41) is 5.01. The minimum Gasteiger partial charge on any atom is -0.377 e.